The lowest BCUT2D eigenvalue weighted by atomic mass is 10.2. The van der Waals surface area contributed by atoms with E-state index in [1.807, 2.05) is 27.7 Å². The maximum Gasteiger partial charge on any atom is 0.409 e. The van der Waals surface area contributed by atoms with Crippen LogP contribution in [0.1, 0.15) is 41.5 Å². The Balaban J connectivity index is 0. The highest BCUT2D eigenvalue weighted by molar-refractivity contribution is 5.67. The van der Waals surface area contributed by atoms with Crippen LogP contribution in [0.15, 0.2) is 0 Å². The Labute approximate surface area is 88.4 Å². The molecule has 0 radical (unpaired) electrons. The molecule has 0 atom stereocenters. The average Bonchev–Trinajstić information content (AvgIpc) is 2.05. The minimum absolute atomic E-state index is 0.0351. The molecule has 86 valence electrons. The molecule has 3 nitrogen and oxygen atoms in total. The molecule has 0 heterocycles. The van der Waals surface area contributed by atoms with Crippen molar-refractivity contribution in [2.75, 3.05) is 13.6 Å². The van der Waals surface area contributed by atoms with E-state index in [2.05, 4.69) is 13.8 Å². The zero-order valence-corrected chi connectivity index (χ0v) is 10.6. The molecule has 0 spiro atoms. The lowest BCUT2D eigenvalue weighted by Gasteiger charge is -2.20. The fraction of sp³-hybridized carbons (Fsp3) is 0.909. The molecule has 0 aliphatic rings. The number of hydrogen-bond donors (Lipinski definition) is 0. The van der Waals surface area contributed by atoms with Crippen molar-refractivity contribution < 1.29 is 9.53 Å². The third-order valence-electron chi connectivity index (χ3n) is 1.29. The number of carbonyl (C=O) groups excluding carboxylic acids is 1. The molecular formula is C11H25NO2. The molecule has 0 aromatic carbocycles. The van der Waals surface area contributed by atoms with Gasteiger partial charge in [-0.3, -0.25) is 0 Å². The first-order chi connectivity index (χ1) is 6.43. The molecule has 0 aromatic rings. The van der Waals surface area contributed by atoms with Gasteiger partial charge >= 0.3 is 6.09 Å². The lowest BCUT2D eigenvalue weighted by molar-refractivity contribution is 0.0811. The van der Waals surface area contributed by atoms with E-state index in [-0.39, 0.29) is 12.2 Å². The van der Waals surface area contributed by atoms with Gasteiger partial charge < -0.3 is 9.64 Å². The van der Waals surface area contributed by atoms with E-state index in [1.165, 1.54) is 0 Å². The van der Waals surface area contributed by atoms with Gasteiger partial charge in [-0.05, 0) is 19.8 Å². The summed E-state index contributed by atoms with van der Waals surface area (Å²) in [5.74, 6) is 0.481. The first-order valence-corrected chi connectivity index (χ1v) is 5.35. The Morgan fingerprint density at radius 1 is 1.21 bits per heavy atom. The maximum atomic E-state index is 11.2. The Morgan fingerprint density at radius 3 is 1.93 bits per heavy atom. The van der Waals surface area contributed by atoms with Crippen LogP contribution in [-0.2, 0) is 4.74 Å². The molecule has 14 heavy (non-hydrogen) atoms. The van der Waals surface area contributed by atoms with Crippen LogP contribution in [0.4, 0.5) is 4.79 Å². The van der Waals surface area contributed by atoms with Crippen molar-refractivity contribution in [2.45, 2.75) is 47.6 Å². The summed E-state index contributed by atoms with van der Waals surface area (Å²) in [5, 5.41) is 0. The number of nitrogens with zero attached hydrogens (tertiary/aromatic N) is 1. The molecule has 0 aliphatic carbocycles. The van der Waals surface area contributed by atoms with E-state index in [9.17, 15) is 4.79 Å². The second kappa shape index (κ2) is 8.85. The second-order valence-corrected chi connectivity index (χ2v) is 3.71. The molecule has 0 bridgehead atoms. The van der Waals surface area contributed by atoms with E-state index < -0.39 is 0 Å². The summed E-state index contributed by atoms with van der Waals surface area (Å²) >= 11 is 0. The molecule has 0 rings (SSSR count). The van der Waals surface area contributed by atoms with Crippen molar-refractivity contribution in [3.8, 4) is 0 Å². The van der Waals surface area contributed by atoms with E-state index in [4.69, 9.17) is 4.74 Å². The van der Waals surface area contributed by atoms with Crippen LogP contribution in [-0.4, -0.2) is 30.7 Å². The average molecular weight is 203 g/mol. The van der Waals surface area contributed by atoms with Gasteiger partial charge in [0, 0.05) is 13.6 Å². The molecule has 0 unspecified atom stereocenters. The van der Waals surface area contributed by atoms with Crippen molar-refractivity contribution in [1.82, 2.24) is 4.90 Å². The van der Waals surface area contributed by atoms with E-state index >= 15 is 0 Å². The molecule has 0 aliphatic heterocycles. The normalized spacial score (nSPS) is 9.50. The predicted molar refractivity (Wildman–Crippen MR) is 60.4 cm³/mol. The maximum absolute atomic E-state index is 11.2. The molecule has 0 fully saturated rings. The van der Waals surface area contributed by atoms with Gasteiger partial charge in [0.25, 0.3) is 0 Å². The third kappa shape index (κ3) is 9.36. The number of rotatable bonds is 3. The minimum atomic E-state index is -0.237. The van der Waals surface area contributed by atoms with Crippen molar-refractivity contribution in [2.24, 2.45) is 5.92 Å². The van der Waals surface area contributed by atoms with Crippen LogP contribution in [0.2, 0.25) is 0 Å². The van der Waals surface area contributed by atoms with Gasteiger partial charge in [0.15, 0.2) is 0 Å². The molecule has 1 amide bonds. The van der Waals surface area contributed by atoms with Crippen molar-refractivity contribution in [3.63, 3.8) is 0 Å². The molecular weight excluding hydrogens is 178 g/mol. The van der Waals surface area contributed by atoms with Gasteiger partial charge in [0.2, 0.25) is 0 Å². The van der Waals surface area contributed by atoms with Crippen LogP contribution in [0.25, 0.3) is 0 Å². The zero-order chi connectivity index (χ0) is 11.7. The van der Waals surface area contributed by atoms with Gasteiger partial charge in [0.1, 0.15) is 0 Å². The standard InChI is InChI=1S/C9H19NO2.C2H6/c1-7(2)6-10(5)9(11)12-8(3)4;1-2/h7-8H,6H2,1-5H3;1-2H3. The van der Waals surface area contributed by atoms with Gasteiger partial charge in [0.05, 0.1) is 6.10 Å². The van der Waals surface area contributed by atoms with Crippen LogP contribution in [0, 0.1) is 5.92 Å². The number of amides is 1. The fourth-order valence-electron chi connectivity index (χ4n) is 0.914. The summed E-state index contributed by atoms with van der Waals surface area (Å²) in [7, 11) is 1.75. The zero-order valence-electron chi connectivity index (χ0n) is 10.6. The highest BCUT2D eigenvalue weighted by Crippen LogP contribution is 2.00. The summed E-state index contributed by atoms with van der Waals surface area (Å²) in [6.45, 7) is 12.6. The van der Waals surface area contributed by atoms with Crippen LogP contribution in [0.3, 0.4) is 0 Å². The van der Waals surface area contributed by atoms with Crippen LogP contribution < -0.4 is 0 Å². The third-order valence-corrected chi connectivity index (χ3v) is 1.29. The lowest BCUT2D eigenvalue weighted by Crippen LogP contribution is -2.32. The molecule has 0 N–H and O–H groups in total. The van der Waals surface area contributed by atoms with Crippen molar-refractivity contribution >= 4 is 6.09 Å². The van der Waals surface area contributed by atoms with Gasteiger partial charge in [-0.15, -0.1) is 0 Å². The van der Waals surface area contributed by atoms with Gasteiger partial charge in [-0.2, -0.15) is 0 Å². The highest BCUT2D eigenvalue weighted by Gasteiger charge is 2.12. The highest BCUT2D eigenvalue weighted by atomic mass is 16.6. The van der Waals surface area contributed by atoms with E-state index in [0.29, 0.717) is 5.92 Å². The monoisotopic (exact) mass is 203 g/mol. The smallest absolute Gasteiger partial charge is 0.409 e. The fourth-order valence-corrected chi connectivity index (χ4v) is 0.914. The number of hydrogen-bond acceptors (Lipinski definition) is 2. The summed E-state index contributed by atoms with van der Waals surface area (Å²) in [6, 6.07) is 0. The number of carbonyl (C=O) groups is 1. The number of ether oxygens (including phenoxy) is 1. The Morgan fingerprint density at radius 2 is 1.64 bits per heavy atom. The van der Waals surface area contributed by atoms with Crippen LogP contribution >= 0.6 is 0 Å². The summed E-state index contributed by atoms with van der Waals surface area (Å²) < 4.78 is 5.00. The first-order valence-electron chi connectivity index (χ1n) is 5.35. The topological polar surface area (TPSA) is 29.5 Å². The predicted octanol–water partition coefficient (Wildman–Crippen LogP) is 3.15. The molecule has 0 aromatic heterocycles. The summed E-state index contributed by atoms with van der Waals surface area (Å²) in [6.07, 6.45) is -0.272. The Hall–Kier alpha value is -0.730. The summed E-state index contributed by atoms with van der Waals surface area (Å²) in [5.41, 5.74) is 0. The quantitative estimate of drug-likeness (QED) is 0.705. The first kappa shape index (κ1) is 15.7. The molecule has 0 saturated heterocycles. The SMILES string of the molecule is CC.CC(C)CN(C)C(=O)OC(C)C. The largest absolute Gasteiger partial charge is 0.447 e. The minimum Gasteiger partial charge on any atom is -0.447 e. The summed E-state index contributed by atoms with van der Waals surface area (Å²) in [4.78, 5) is 12.8. The van der Waals surface area contributed by atoms with E-state index in [0.717, 1.165) is 6.54 Å². The Bertz CT molecular complexity index is 144. The van der Waals surface area contributed by atoms with Gasteiger partial charge in [-0.25, -0.2) is 4.79 Å². The van der Waals surface area contributed by atoms with Crippen LogP contribution in [0.5, 0.6) is 0 Å². The van der Waals surface area contributed by atoms with Gasteiger partial charge in [-0.1, -0.05) is 27.7 Å². The van der Waals surface area contributed by atoms with Crippen molar-refractivity contribution in [1.29, 1.82) is 0 Å². The molecule has 3 heteroatoms. The molecule has 0 saturated carbocycles. The second-order valence-electron chi connectivity index (χ2n) is 3.71. The van der Waals surface area contributed by atoms with E-state index in [1.54, 1.807) is 11.9 Å². The Kier molecular flexibility index (Phi) is 9.94. The van der Waals surface area contributed by atoms with Crippen molar-refractivity contribution in [3.05, 3.63) is 0 Å².